The lowest BCUT2D eigenvalue weighted by molar-refractivity contribution is -0.137. The summed E-state index contributed by atoms with van der Waals surface area (Å²) in [6.07, 6.45) is -1.02. The Balaban J connectivity index is 2.35. The van der Waals surface area contributed by atoms with Gasteiger partial charge in [-0.15, -0.1) is 11.3 Å². The molecule has 2 aromatic rings. The number of aromatic nitrogens is 1. The quantitative estimate of drug-likeness (QED) is 0.834. The molecule has 8 heteroatoms. The molecule has 0 aliphatic rings. The summed E-state index contributed by atoms with van der Waals surface area (Å²) in [6, 6.07) is 4.37. The lowest BCUT2D eigenvalue weighted by atomic mass is 10.2. The van der Waals surface area contributed by atoms with Crippen molar-refractivity contribution < 1.29 is 18.0 Å². The van der Waals surface area contributed by atoms with Crippen LogP contribution in [0.4, 0.5) is 18.0 Å². The number of halogens is 3. The Morgan fingerprint density at radius 2 is 1.84 bits per heavy atom. The van der Waals surface area contributed by atoms with Crippen molar-refractivity contribution in [3.8, 4) is 5.69 Å². The second-order valence-corrected chi connectivity index (χ2v) is 6.83. The number of carbonyl (C=O) groups is 1. The number of benzene rings is 1. The first-order valence-corrected chi connectivity index (χ1v) is 8.78. The zero-order valence-corrected chi connectivity index (χ0v) is 15.0. The van der Waals surface area contributed by atoms with Gasteiger partial charge < -0.3 is 5.32 Å². The van der Waals surface area contributed by atoms with Crippen LogP contribution in [0.3, 0.4) is 0 Å². The molecule has 0 fully saturated rings. The second-order valence-electron chi connectivity index (χ2n) is 5.61. The Morgan fingerprint density at radius 3 is 2.36 bits per heavy atom. The predicted molar refractivity (Wildman–Crippen MR) is 91.8 cm³/mol. The number of rotatable bonds is 4. The fourth-order valence-electron chi connectivity index (χ4n) is 2.32. The van der Waals surface area contributed by atoms with Crippen molar-refractivity contribution in [2.75, 3.05) is 0 Å². The van der Waals surface area contributed by atoms with Gasteiger partial charge in [0.1, 0.15) is 0 Å². The van der Waals surface area contributed by atoms with Gasteiger partial charge in [-0.2, -0.15) is 18.2 Å². The number of hydrogen-bond donors (Lipinski definition) is 1. The molecule has 0 aliphatic heterocycles. The molecule has 0 saturated carbocycles. The lowest BCUT2D eigenvalue weighted by Gasteiger charge is -2.12. The summed E-state index contributed by atoms with van der Waals surface area (Å²) in [5.41, 5.74) is -0.194. The molecule has 1 aromatic heterocycles. The van der Waals surface area contributed by atoms with Crippen LogP contribution in [0.5, 0.6) is 0 Å². The summed E-state index contributed by atoms with van der Waals surface area (Å²) in [6.45, 7) is 5.81. The minimum Gasteiger partial charge on any atom is -0.333 e. The van der Waals surface area contributed by atoms with Crippen molar-refractivity contribution in [1.82, 2.24) is 9.88 Å². The number of carbonyl (C=O) groups excluding carboxylic acids is 1. The van der Waals surface area contributed by atoms with E-state index >= 15 is 0 Å². The highest BCUT2D eigenvalue weighted by atomic mass is 32.1. The van der Waals surface area contributed by atoms with Gasteiger partial charge in [0.05, 0.1) is 5.56 Å². The van der Waals surface area contributed by atoms with E-state index in [1.54, 1.807) is 10.8 Å². The lowest BCUT2D eigenvalue weighted by Crippen LogP contribution is -2.33. The van der Waals surface area contributed by atoms with E-state index in [1.807, 2.05) is 20.8 Å². The van der Waals surface area contributed by atoms with E-state index in [2.05, 4.69) is 10.3 Å². The Kier molecular flexibility index (Phi) is 6.05. The molecule has 0 unspecified atom stereocenters. The number of urea groups is 1. The van der Waals surface area contributed by atoms with Crippen molar-refractivity contribution in [2.45, 2.75) is 45.8 Å². The highest BCUT2D eigenvalue weighted by molar-refractivity contribution is 7.09. The van der Waals surface area contributed by atoms with E-state index < -0.39 is 17.8 Å². The van der Waals surface area contributed by atoms with E-state index in [1.165, 1.54) is 23.5 Å². The Labute approximate surface area is 148 Å². The van der Waals surface area contributed by atoms with Crippen molar-refractivity contribution >= 4 is 17.4 Å². The van der Waals surface area contributed by atoms with Crippen LogP contribution in [0.25, 0.3) is 5.69 Å². The monoisotopic (exact) mass is 371 g/mol. The fraction of sp³-hybridized carbons (Fsp3) is 0.412. The van der Waals surface area contributed by atoms with Crippen LogP contribution < -0.4 is 10.1 Å². The summed E-state index contributed by atoms with van der Waals surface area (Å²) >= 11 is 1.30. The average molecular weight is 371 g/mol. The number of alkyl halides is 3. The number of thiazole rings is 1. The number of nitrogens with one attached hydrogen (secondary N) is 1. The second kappa shape index (κ2) is 7.86. The predicted octanol–water partition coefficient (Wildman–Crippen LogP) is 4.66. The van der Waals surface area contributed by atoms with Gasteiger partial charge in [-0.05, 0) is 44.0 Å². The van der Waals surface area contributed by atoms with Gasteiger partial charge in [0, 0.05) is 22.8 Å². The average Bonchev–Trinajstić information content (AvgIpc) is 2.92. The van der Waals surface area contributed by atoms with E-state index in [0.29, 0.717) is 10.5 Å². The van der Waals surface area contributed by atoms with Crippen molar-refractivity contribution in [2.24, 2.45) is 4.99 Å². The molecule has 2 amide bonds. The van der Waals surface area contributed by atoms with Gasteiger partial charge in [0.15, 0.2) is 4.80 Å². The molecule has 4 nitrogen and oxygen atoms in total. The minimum absolute atomic E-state index is 0.0526. The van der Waals surface area contributed by atoms with Gasteiger partial charge in [-0.3, -0.25) is 4.57 Å². The van der Waals surface area contributed by atoms with Gasteiger partial charge in [-0.1, -0.05) is 13.8 Å². The molecule has 0 saturated heterocycles. The molecule has 1 heterocycles. The van der Waals surface area contributed by atoms with E-state index in [0.717, 1.165) is 29.9 Å². The largest absolute Gasteiger partial charge is 0.416 e. The zero-order chi connectivity index (χ0) is 18.6. The first kappa shape index (κ1) is 19.2. The van der Waals surface area contributed by atoms with Gasteiger partial charge in [0.2, 0.25) is 0 Å². The van der Waals surface area contributed by atoms with Crippen LogP contribution >= 0.6 is 11.3 Å². The Hall–Kier alpha value is -2.09. The normalized spacial score (nSPS) is 12.7. The first-order chi connectivity index (χ1) is 11.7. The van der Waals surface area contributed by atoms with Crippen LogP contribution in [0.1, 0.15) is 37.1 Å². The number of nitrogens with zero attached hydrogens (tertiary/aromatic N) is 2. The standard InChI is InChI=1S/C17H20F3N3OS/c1-4-13(5-2)21-15(24)22-16-23(10-11(3)25-16)14-8-6-12(7-9-14)17(18,19)20/h6-10,13H,4-5H2,1-3H3,(H,21,24)/b22-16-. The molecule has 0 bridgehead atoms. The minimum atomic E-state index is -4.38. The smallest absolute Gasteiger partial charge is 0.333 e. The van der Waals surface area contributed by atoms with Crippen LogP contribution in [0.15, 0.2) is 35.5 Å². The third-order valence-electron chi connectivity index (χ3n) is 3.75. The number of hydrogen-bond acceptors (Lipinski definition) is 2. The summed E-state index contributed by atoms with van der Waals surface area (Å²) in [4.78, 5) is 17.5. The maximum atomic E-state index is 12.7. The molecule has 0 atom stereocenters. The van der Waals surface area contributed by atoms with Crippen LogP contribution in [-0.4, -0.2) is 16.6 Å². The topological polar surface area (TPSA) is 46.4 Å². The molecular formula is C17H20F3N3OS. The van der Waals surface area contributed by atoms with E-state index in [4.69, 9.17) is 0 Å². The molecule has 0 radical (unpaired) electrons. The van der Waals surface area contributed by atoms with Crippen LogP contribution in [0, 0.1) is 6.92 Å². The summed E-state index contributed by atoms with van der Waals surface area (Å²) in [5.74, 6) is 0. The molecule has 0 aliphatic carbocycles. The third kappa shape index (κ3) is 4.94. The molecule has 1 aromatic carbocycles. The fourth-order valence-corrected chi connectivity index (χ4v) is 3.15. The highest BCUT2D eigenvalue weighted by Gasteiger charge is 2.30. The maximum absolute atomic E-state index is 12.7. The Morgan fingerprint density at radius 1 is 1.24 bits per heavy atom. The Bertz CT molecular complexity index is 787. The third-order valence-corrected chi connectivity index (χ3v) is 4.65. The van der Waals surface area contributed by atoms with Gasteiger partial charge in [0.25, 0.3) is 0 Å². The maximum Gasteiger partial charge on any atom is 0.416 e. The molecule has 136 valence electrons. The van der Waals surface area contributed by atoms with Crippen molar-refractivity contribution in [3.05, 3.63) is 45.7 Å². The highest BCUT2D eigenvalue weighted by Crippen LogP contribution is 2.29. The molecular weight excluding hydrogens is 351 g/mol. The SMILES string of the molecule is CCC(CC)NC(=O)/N=c1\sc(C)cn1-c1ccc(C(F)(F)F)cc1. The first-order valence-electron chi connectivity index (χ1n) is 7.96. The molecule has 0 spiro atoms. The summed E-state index contributed by atoms with van der Waals surface area (Å²) < 4.78 is 39.7. The molecule has 2 rings (SSSR count). The summed E-state index contributed by atoms with van der Waals surface area (Å²) in [7, 11) is 0. The van der Waals surface area contributed by atoms with E-state index in [-0.39, 0.29) is 6.04 Å². The van der Waals surface area contributed by atoms with Crippen molar-refractivity contribution in [3.63, 3.8) is 0 Å². The van der Waals surface area contributed by atoms with Crippen LogP contribution in [-0.2, 0) is 6.18 Å². The van der Waals surface area contributed by atoms with Crippen molar-refractivity contribution in [1.29, 1.82) is 0 Å². The summed E-state index contributed by atoms with van der Waals surface area (Å²) in [5, 5.41) is 2.82. The number of aryl methyl sites for hydroxylation is 1. The zero-order valence-electron chi connectivity index (χ0n) is 14.2. The van der Waals surface area contributed by atoms with Gasteiger partial charge in [-0.25, -0.2) is 4.79 Å². The van der Waals surface area contributed by atoms with Gasteiger partial charge >= 0.3 is 12.2 Å². The number of amides is 2. The van der Waals surface area contributed by atoms with Crippen LogP contribution in [0.2, 0.25) is 0 Å². The molecule has 1 N–H and O–H groups in total. The van der Waals surface area contributed by atoms with E-state index in [9.17, 15) is 18.0 Å². The molecule has 25 heavy (non-hydrogen) atoms.